The van der Waals surface area contributed by atoms with Crippen molar-refractivity contribution in [3.63, 3.8) is 0 Å². The lowest BCUT2D eigenvalue weighted by atomic mass is 9.84. The summed E-state index contributed by atoms with van der Waals surface area (Å²) in [6.45, 7) is 2.18. The van der Waals surface area contributed by atoms with Crippen molar-refractivity contribution in [1.29, 1.82) is 5.26 Å². The van der Waals surface area contributed by atoms with Crippen molar-refractivity contribution in [3.8, 4) is 6.07 Å². The van der Waals surface area contributed by atoms with Gasteiger partial charge in [0.1, 0.15) is 6.04 Å². The number of nitriles is 1. The minimum absolute atomic E-state index is 0.000397. The molecule has 0 unspecified atom stereocenters. The first-order valence-electron chi connectivity index (χ1n) is 10.5. The summed E-state index contributed by atoms with van der Waals surface area (Å²) in [5.74, 6) is -0.118. The highest BCUT2D eigenvalue weighted by molar-refractivity contribution is 5.80. The normalized spacial score (nSPS) is 28.8. The maximum Gasteiger partial charge on any atom is 0.237 e. The van der Waals surface area contributed by atoms with E-state index in [1.807, 2.05) is 4.90 Å². The first-order chi connectivity index (χ1) is 13.5. The summed E-state index contributed by atoms with van der Waals surface area (Å²) >= 11 is 0. The molecule has 3 aliphatic rings. The van der Waals surface area contributed by atoms with Crippen LogP contribution in [0.15, 0.2) is 0 Å². The maximum atomic E-state index is 12.7. The molecule has 1 aliphatic carbocycles. The van der Waals surface area contributed by atoms with Gasteiger partial charge in [0.25, 0.3) is 0 Å². The predicted molar refractivity (Wildman–Crippen MR) is 103 cm³/mol. The smallest absolute Gasteiger partial charge is 0.237 e. The van der Waals surface area contributed by atoms with Crippen LogP contribution in [0.3, 0.4) is 0 Å². The van der Waals surface area contributed by atoms with E-state index in [0.29, 0.717) is 32.5 Å². The van der Waals surface area contributed by atoms with E-state index < -0.39 is 0 Å². The number of primary amides is 1. The molecule has 2 saturated heterocycles. The number of nitrogens with zero attached hydrogens (tertiary/aromatic N) is 3. The molecule has 0 radical (unpaired) electrons. The van der Waals surface area contributed by atoms with E-state index in [4.69, 9.17) is 11.0 Å². The van der Waals surface area contributed by atoms with Crippen LogP contribution in [0.2, 0.25) is 0 Å². The first-order valence-corrected chi connectivity index (χ1v) is 10.5. The molecule has 8 heteroatoms. The molecule has 28 heavy (non-hydrogen) atoms. The summed E-state index contributed by atoms with van der Waals surface area (Å²) in [6.07, 6.45) is 6.41. The fourth-order valence-electron chi connectivity index (χ4n) is 4.72. The number of amides is 3. The van der Waals surface area contributed by atoms with Crippen LogP contribution in [0.4, 0.5) is 0 Å². The molecular weight excluding hydrogens is 358 g/mol. The molecule has 1 atom stereocenters. The molecule has 0 spiro atoms. The highest BCUT2D eigenvalue weighted by atomic mass is 16.2. The Morgan fingerprint density at radius 2 is 1.64 bits per heavy atom. The van der Waals surface area contributed by atoms with Gasteiger partial charge in [-0.15, -0.1) is 0 Å². The number of nitrogens with two attached hydrogens (primary N) is 1. The topological polar surface area (TPSA) is 120 Å². The van der Waals surface area contributed by atoms with Crippen molar-refractivity contribution in [2.45, 2.75) is 63.5 Å². The minimum Gasteiger partial charge on any atom is -0.369 e. The molecule has 3 rings (SSSR count). The molecule has 0 bridgehead atoms. The van der Waals surface area contributed by atoms with Crippen LogP contribution < -0.4 is 11.1 Å². The number of likely N-dealkylation sites (tertiary alicyclic amines) is 2. The van der Waals surface area contributed by atoms with Gasteiger partial charge in [0.05, 0.1) is 12.6 Å². The van der Waals surface area contributed by atoms with Gasteiger partial charge in [-0.05, 0) is 51.4 Å². The third-order valence-electron chi connectivity index (χ3n) is 6.55. The molecule has 3 amide bonds. The fourth-order valence-corrected chi connectivity index (χ4v) is 4.72. The Hall–Kier alpha value is -2.14. The van der Waals surface area contributed by atoms with Gasteiger partial charge in [0.2, 0.25) is 17.7 Å². The van der Waals surface area contributed by atoms with E-state index in [0.717, 1.165) is 38.5 Å². The third-order valence-corrected chi connectivity index (χ3v) is 6.55. The molecular formula is C20H31N5O3. The van der Waals surface area contributed by atoms with Gasteiger partial charge in [-0.2, -0.15) is 5.26 Å². The molecule has 0 aromatic heterocycles. The lowest BCUT2D eigenvalue weighted by Gasteiger charge is -2.36. The zero-order valence-electron chi connectivity index (χ0n) is 16.4. The van der Waals surface area contributed by atoms with E-state index >= 15 is 0 Å². The summed E-state index contributed by atoms with van der Waals surface area (Å²) in [4.78, 5) is 39.9. The Balaban J connectivity index is 1.37. The second kappa shape index (κ2) is 9.37. The van der Waals surface area contributed by atoms with Crippen molar-refractivity contribution in [1.82, 2.24) is 15.1 Å². The Morgan fingerprint density at radius 3 is 2.25 bits per heavy atom. The number of piperidine rings is 1. The molecule has 3 fully saturated rings. The van der Waals surface area contributed by atoms with E-state index in [1.165, 1.54) is 0 Å². The van der Waals surface area contributed by atoms with Crippen LogP contribution in [0.5, 0.6) is 0 Å². The Kier molecular flexibility index (Phi) is 6.89. The number of carbonyl (C=O) groups is 3. The second-order valence-corrected chi connectivity index (χ2v) is 8.31. The van der Waals surface area contributed by atoms with Crippen molar-refractivity contribution >= 4 is 17.7 Å². The van der Waals surface area contributed by atoms with Gasteiger partial charge in [-0.1, -0.05) is 0 Å². The quantitative estimate of drug-likeness (QED) is 0.704. The summed E-state index contributed by atoms with van der Waals surface area (Å²) in [6, 6.07) is 2.17. The van der Waals surface area contributed by atoms with Crippen molar-refractivity contribution < 1.29 is 14.4 Å². The summed E-state index contributed by atoms with van der Waals surface area (Å²) in [5.41, 5.74) is 5.36. The maximum absolute atomic E-state index is 12.7. The first kappa shape index (κ1) is 20.6. The molecule has 3 N–H and O–H groups in total. The van der Waals surface area contributed by atoms with E-state index in [1.54, 1.807) is 4.90 Å². The number of rotatable bonds is 5. The van der Waals surface area contributed by atoms with Crippen LogP contribution >= 0.6 is 0 Å². The number of nitrogens with one attached hydrogen (secondary N) is 1. The van der Waals surface area contributed by atoms with Crippen LogP contribution in [0.25, 0.3) is 0 Å². The summed E-state index contributed by atoms with van der Waals surface area (Å²) < 4.78 is 0. The standard InChI is InChI=1S/C20H31N5O3/c21-12-17-2-1-9-25(17)18(26)13-23-16-5-3-15(4-6-16)20(28)24-10-7-14(8-11-24)19(22)27/h14-17,23H,1-11,13H2,(H2,22,27)/t15?,16?,17-/m0/s1. The van der Waals surface area contributed by atoms with Gasteiger partial charge in [0.15, 0.2) is 0 Å². The molecule has 0 aromatic carbocycles. The minimum atomic E-state index is -0.277. The average molecular weight is 390 g/mol. The SMILES string of the molecule is N#C[C@@H]1CCCN1C(=O)CNC1CCC(C(=O)N2CCC(C(N)=O)CC2)CC1. The van der Waals surface area contributed by atoms with E-state index in [2.05, 4.69) is 11.4 Å². The lowest BCUT2D eigenvalue weighted by molar-refractivity contribution is -0.139. The largest absolute Gasteiger partial charge is 0.369 e. The van der Waals surface area contributed by atoms with Gasteiger partial charge >= 0.3 is 0 Å². The van der Waals surface area contributed by atoms with Crippen molar-refractivity contribution in [3.05, 3.63) is 0 Å². The monoisotopic (exact) mass is 389 g/mol. The van der Waals surface area contributed by atoms with E-state index in [9.17, 15) is 14.4 Å². The van der Waals surface area contributed by atoms with Crippen molar-refractivity contribution in [2.75, 3.05) is 26.2 Å². The molecule has 2 aliphatic heterocycles. The van der Waals surface area contributed by atoms with Crippen LogP contribution in [-0.2, 0) is 14.4 Å². The van der Waals surface area contributed by atoms with Gasteiger partial charge in [-0.3, -0.25) is 14.4 Å². The Labute approximate surface area is 166 Å². The molecule has 0 aromatic rings. The van der Waals surface area contributed by atoms with Gasteiger partial charge in [0, 0.05) is 37.5 Å². The Bertz CT molecular complexity index is 630. The molecule has 154 valence electrons. The highest BCUT2D eigenvalue weighted by Crippen LogP contribution is 2.28. The van der Waals surface area contributed by atoms with Crippen LogP contribution in [0, 0.1) is 23.2 Å². The lowest BCUT2D eigenvalue weighted by Crippen LogP contribution is -2.47. The van der Waals surface area contributed by atoms with Crippen LogP contribution in [0.1, 0.15) is 51.4 Å². The fraction of sp³-hybridized carbons (Fsp3) is 0.800. The molecule has 1 saturated carbocycles. The predicted octanol–water partition coefficient (Wildman–Crippen LogP) is 0.373. The summed E-state index contributed by atoms with van der Waals surface area (Å²) in [5, 5.41) is 12.4. The number of carbonyl (C=O) groups excluding carboxylic acids is 3. The van der Waals surface area contributed by atoms with Gasteiger partial charge in [-0.25, -0.2) is 0 Å². The highest BCUT2D eigenvalue weighted by Gasteiger charge is 2.33. The summed E-state index contributed by atoms with van der Waals surface area (Å²) in [7, 11) is 0. The molecule has 8 nitrogen and oxygen atoms in total. The Morgan fingerprint density at radius 1 is 0.964 bits per heavy atom. The van der Waals surface area contributed by atoms with Crippen molar-refractivity contribution in [2.24, 2.45) is 17.6 Å². The average Bonchev–Trinajstić information content (AvgIpc) is 3.21. The third kappa shape index (κ3) is 4.82. The zero-order chi connectivity index (χ0) is 20.1. The van der Waals surface area contributed by atoms with Gasteiger partial charge < -0.3 is 20.9 Å². The molecule has 2 heterocycles. The number of hydrogen-bond donors (Lipinski definition) is 2. The number of hydrogen-bond acceptors (Lipinski definition) is 5. The van der Waals surface area contributed by atoms with Crippen LogP contribution in [-0.4, -0.2) is 65.8 Å². The van der Waals surface area contributed by atoms with E-state index in [-0.39, 0.29) is 48.2 Å². The zero-order valence-corrected chi connectivity index (χ0v) is 16.4. The second-order valence-electron chi connectivity index (χ2n) is 8.31.